The van der Waals surface area contributed by atoms with Gasteiger partial charge in [0.05, 0.1) is 25.2 Å². The largest absolute Gasteiger partial charge is 0.462 e. The summed E-state index contributed by atoms with van der Waals surface area (Å²) in [7, 11) is 1.51. The number of hydrogen-bond acceptors (Lipinski definition) is 8. The number of esters is 1. The molecule has 7 aliphatic rings. The summed E-state index contributed by atoms with van der Waals surface area (Å²) >= 11 is 0. The molecule has 3 aliphatic heterocycles. The highest BCUT2D eigenvalue weighted by molar-refractivity contribution is 5.73. The first-order valence-corrected chi connectivity index (χ1v) is 15.2. The van der Waals surface area contributed by atoms with Crippen molar-refractivity contribution in [1.29, 1.82) is 0 Å². The monoisotopic (exact) mass is 534 g/mol. The minimum atomic E-state index is -1.00. The smallest absolute Gasteiger partial charge is 0.308 e. The van der Waals surface area contributed by atoms with Crippen LogP contribution < -0.4 is 0 Å². The fraction of sp³-hybridized carbons (Fsp3) is 0.967. The van der Waals surface area contributed by atoms with E-state index in [2.05, 4.69) is 6.92 Å². The molecule has 2 N–H and O–H groups in total. The Kier molecular flexibility index (Phi) is 6.27. The number of hydrogen-bond donors (Lipinski definition) is 2. The fourth-order valence-corrected chi connectivity index (χ4v) is 11.0. The average molecular weight is 535 g/mol. The van der Waals surface area contributed by atoms with Crippen LogP contribution in [0.4, 0.5) is 0 Å². The maximum Gasteiger partial charge on any atom is 0.308 e. The van der Waals surface area contributed by atoms with Crippen LogP contribution in [0.25, 0.3) is 0 Å². The lowest BCUT2D eigenvalue weighted by Gasteiger charge is -2.61. The number of carbonyl (C=O) groups excluding carboxylic acids is 1. The first kappa shape index (κ1) is 26.1. The van der Waals surface area contributed by atoms with Gasteiger partial charge in [-0.1, -0.05) is 6.92 Å². The summed E-state index contributed by atoms with van der Waals surface area (Å²) in [5.74, 6) is 3.19. The quantitative estimate of drug-likeness (QED) is 0.420. The van der Waals surface area contributed by atoms with Crippen molar-refractivity contribution in [2.75, 3.05) is 20.3 Å². The topological polar surface area (TPSA) is 104 Å². The summed E-state index contributed by atoms with van der Waals surface area (Å²) in [6.45, 7) is 5.63. The molecule has 2 spiro atoms. The lowest BCUT2D eigenvalue weighted by molar-refractivity contribution is -0.312. The van der Waals surface area contributed by atoms with E-state index in [9.17, 15) is 15.0 Å². The van der Waals surface area contributed by atoms with Crippen LogP contribution in [0.1, 0.15) is 78.1 Å². The highest BCUT2D eigenvalue weighted by atomic mass is 16.7. The Morgan fingerprint density at radius 3 is 2.58 bits per heavy atom. The van der Waals surface area contributed by atoms with Gasteiger partial charge in [-0.2, -0.15) is 0 Å². The van der Waals surface area contributed by atoms with E-state index in [4.69, 9.17) is 23.7 Å². The van der Waals surface area contributed by atoms with Crippen LogP contribution in [0.15, 0.2) is 0 Å². The average Bonchev–Trinajstić information content (AvgIpc) is 3.56. The molecule has 0 aromatic carbocycles. The molecule has 38 heavy (non-hydrogen) atoms. The van der Waals surface area contributed by atoms with Crippen LogP contribution in [0.3, 0.4) is 0 Å². The van der Waals surface area contributed by atoms with Crippen molar-refractivity contribution in [3.63, 3.8) is 0 Å². The number of fused-ring (bicyclic) bond motifs is 5. The van der Waals surface area contributed by atoms with E-state index in [1.165, 1.54) is 45.6 Å². The molecular weight excluding hydrogens is 488 g/mol. The van der Waals surface area contributed by atoms with Crippen LogP contribution >= 0.6 is 0 Å². The highest BCUT2D eigenvalue weighted by Crippen LogP contribution is 2.71. The molecule has 8 nitrogen and oxygen atoms in total. The summed E-state index contributed by atoms with van der Waals surface area (Å²) < 4.78 is 29.6. The Morgan fingerprint density at radius 1 is 0.974 bits per heavy atom. The second-order valence-electron chi connectivity index (χ2n) is 14.2. The van der Waals surface area contributed by atoms with E-state index in [1.807, 2.05) is 0 Å². The second kappa shape index (κ2) is 9.12. The van der Waals surface area contributed by atoms with E-state index in [-0.39, 0.29) is 23.1 Å². The predicted octanol–water partition coefficient (Wildman–Crippen LogP) is 3.21. The fourth-order valence-electron chi connectivity index (χ4n) is 11.0. The van der Waals surface area contributed by atoms with Gasteiger partial charge in [-0.3, -0.25) is 4.79 Å². The van der Waals surface area contributed by atoms with Crippen LogP contribution in [0, 0.1) is 40.4 Å². The lowest BCUT2D eigenvalue weighted by Crippen LogP contribution is -2.59. The molecule has 3 heterocycles. The van der Waals surface area contributed by atoms with Gasteiger partial charge < -0.3 is 33.9 Å². The van der Waals surface area contributed by atoms with Gasteiger partial charge in [0.15, 0.2) is 6.29 Å². The maximum absolute atomic E-state index is 12.1. The summed E-state index contributed by atoms with van der Waals surface area (Å²) in [5.41, 5.74) is 0.208. The summed E-state index contributed by atoms with van der Waals surface area (Å²) in [6, 6.07) is 0. The van der Waals surface area contributed by atoms with E-state index in [0.29, 0.717) is 36.2 Å². The van der Waals surface area contributed by atoms with Crippen molar-refractivity contribution in [3.8, 4) is 0 Å². The van der Waals surface area contributed by atoms with Crippen LogP contribution in [0.2, 0.25) is 0 Å². The van der Waals surface area contributed by atoms with Gasteiger partial charge in [0, 0.05) is 12.5 Å². The number of aliphatic hydroxyl groups is 2. The van der Waals surface area contributed by atoms with Gasteiger partial charge in [0.2, 0.25) is 0 Å². The Labute approximate surface area is 226 Å². The zero-order valence-corrected chi connectivity index (χ0v) is 23.2. The Morgan fingerprint density at radius 2 is 1.82 bits per heavy atom. The third kappa shape index (κ3) is 3.59. The number of ether oxygens (including phenoxy) is 5. The molecule has 4 saturated carbocycles. The van der Waals surface area contributed by atoms with Crippen LogP contribution in [-0.4, -0.2) is 78.9 Å². The third-order valence-corrected chi connectivity index (χ3v) is 12.9. The number of cyclic esters (lactones) is 1. The Balaban J connectivity index is 1.04. The number of aliphatic hydroxyl groups excluding tert-OH is 2. The van der Waals surface area contributed by atoms with Crippen molar-refractivity contribution in [1.82, 2.24) is 0 Å². The minimum absolute atomic E-state index is 0.0537. The third-order valence-electron chi connectivity index (χ3n) is 12.9. The first-order chi connectivity index (χ1) is 18.2. The molecule has 8 heteroatoms. The van der Waals surface area contributed by atoms with Gasteiger partial charge >= 0.3 is 5.97 Å². The molecule has 14 atom stereocenters. The summed E-state index contributed by atoms with van der Waals surface area (Å²) in [6.07, 6.45) is 7.28. The first-order valence-electron chi connectivity index (χ1n) is 15.2. The predicted molar refractivity (Wildman–Crippen MR) is 136 cm³/mol. The highest BCUT2D eigenvalue weighted by Gasteiger charge is 2.70. The molecule has 7 fully saturated rings. The molecule has 4 aliphatic carbocycles. The normalized spacial score (nSPS) is 57.7. The van der Waals surface area contributed by atoms with E-state index >= 15 is 0 Å². The molecule has 214 valence electrons. The number of carbonyl (C=O) groups is 1. The maximum atomic E-state index is 12.1. The van der Waals surface area contributed by atoms with Crippen molar-refractivity contribution in [2.24, 2.45) is 40.4 Å². The summed E-state index contributed by atoms with van der Waals surface area (Å²) in [5, 5.41) is 21.1. The molecule has 0 amide bonds. The zero-order valence-electron chi connectivity index (χ0n) is 23.2. The van der Waals surface area contributed by atoms with Crippen molar-refractivity contribution in [3.05, 3.63) is 0 Å². The molecule has 0 radical (unpaired) electrons. The zero-order chi connectivity index (χ0) is 26.4. The van der Waals surface area contributed by atoms with Gasteiger partial charge in [-0.15, -0.1) is 0 Å². The summed E-state index contributed by atoms with van der Waals surface area (Å²) in [4.78, 5) is 12.1. The van der Waals surface area contributed by atoms with Crippen molar-refractivity contribution in [2.45, 2.75) is 120 Å². The molecule has 3 saturated heterocycles. The Hall–Kier alpha value is -0.770. The van der Waals surface area contributed by atoms with Gasteiger partial charge in [0.25, 0.3) is 0 Å². The van der Waals surface area contributed by atoms with Gasteiger partial charge in [0.1, 0.15) is 30.5 Å². The molecule has 0 bridgehead atoms. The van der Waals surface area contributed by atoms with Crippen molar-refractivity contribution < 1.29 is 38.7 Å². The molecule has 0 aromatic rings. The van der Waals surface area contributed by atoms with Gasteiger partial charge in [-0.25, -0.2) is 0 Å². The van der Waals surface area contributed by atoms with Crippen LogP contribution in [-0.2, 0) is 28.5 Å². The van der Waals surface area contributed by atoms with E-state index in [1.54, 1.807) is 6.92 Å². The van der Waals surface area contributed by atoms with Gasteiger partial charge in [-0.05, 0) is 99.7 Å². The standard InChI is InChI=1S/C30H46O8/c1-16-24(32)26(34-3)25(33)27(37-16)38-18-8-10-28(2)17(12-18)4-5-19-20(28)9-11-29-14-36-30(13-23(31)35-15-30)22(29)7-6-21(19)29/h16-22,24-27,32-33H,4-15H2,1-3H3/t16-,17+,18-,19+,20-,21+,22-,24-,25-,26+,27-,28-,29+,30-/m0/s1. The molecule has 7 rings (SSSR count). The lowest BCUT2D eigenvalue weighted by atomic mass is 9.44. The second-order valence-corrected chi connectivity index (χ2v) is 14.2. The molecule has 0 unspecified atom stereocenters. The SMILES string of the molecule is CO[C@H]1[C@H](O)[C@H](O[C@H]2CC[C@@]3(C)[C@H](CC[C@H]4[C@H]5CC[C@@H]6[C@]7(COC(=O)C7)OC[C@]56CC[C@@H]43)C2)O[C@@H](C)[C@@H]1O. The number of rotatable bonds is 3. The van der Waals surface area contributed by atoms with Crippen LogP contribution in [0.5, 0.6) is 0 Å². The van der Waals surface area contributed by atoms with E-state index < -0.39 is 30.7 Å². The van der Waals surface area contributed by atoms with E-state index in [0.717, 1.165) is 37.7 Å². The van der Waals surface area contributed by atoms with Crippen molar-refractivity contribution >= 4 is 5.97 Å². The molecular formula is C30H46O8. The minimum Gasteiger partial charge on any atom is -0.462 e. The Bertz CT molecular complexity index is 943. The molecule has 0 aromatic heterocycles. The number of methoxy groups -OCH3 is 1.